The fourth-order valence-electron chi connectivity index (χ4n) is 2.83. The lowest BCUT2D eigenvalue weighted by atomic mass is 10.1. The number of sulfonamides is 1. The Labute approximate surface area is 135 Å². The molecule has 0 unspecified atom stereocenters. The molecule has 2 fully saturated rings. The van der Waals surface area contributed by atoms with Crippen LogP contribution in [-0.4, -0.2) is 37.8 Å². The Morgan fingerprint density at radius 1 is 1.13 bits per heavy atom. The zero-order chi connectivity index (χ0) is 16.4. The Balaban J connectivity index is 1.53. The maximum absolute atomic E-state index is 12.9. The highest BCUT2D eigenvalue weighted by molar-refractivity contribution is 7.88. The third-order valence-electron chi connectivity index (χ3n) is 4.40. The quantitative estimate of drug-likeness (QED) is 0.886. The normalized spacial score (nSPS) is 20.4. The van der Waals surface area contributed by atoms with E-state index in [2.05, 4.69) is 5.32 Å². The minimum absolute atomic E-state index is 0.0698. The van der Waals surface area contributed by atoms with Crippen molar-refractivity contribution in [1.29, 1.82) is 0 Å². The monoisotopic (exact) mass is 340 g/mol. The van der Waals surface area contributed by atoms with Crippen LogP contribution in [0.1, 0.15) is 31.2 Å². The summed E-state index contributed by atoms with van der Waals surface area (Å²) in [5, 5.41) is 3.01. The first kappa shape index (κ1) is 16.4. The maximum Gasteiger partial charge on any atom is 0.223 e. The third-order valence-corrected chi connectivity index (χ3v) is 6.25. The van der Waals surface area contributed by atoms with Crippen LogP contribution in [0.15, 0.2) is 24.3 Å². The van der Waals surface area contributed by atoms with Crippen molar-refractivity contribution in [2.45, 2.75) is 37.5 Å². The largest absolute Gasteiger partial charge is 0.353 e. The van der Waals surface area contributed by atoms with Gasteiger partial charge in [-0.15, -0.1) is 0 Å². The number of hydrogen-bond donors (Lipinski definition) is 1. The molecule has 0 atom stereocenters. The lowest BCUT2D eigenvalue weighted by molar-refractivity contribution is -0.123. The SMILES string of the molecule is O=C(NC1CCN(S(=O)(=O)Cc2ccc(F)cc2)CC1)C1CC1. The standard InChI is InChI=1S/C16H21FN2O3S/c17-14-5-1-12(2-6-14)11-23(21,22)19-9-7-15(8-10-19)18-16(20)13-3-4-13/h1-2,5-6,13,15H,3-4,7-11H2,(H,18,20). The van der Waals surface area contributed by atoms with Gasteiger partial charge in [0.15, 0.2) is 0 Å². The molecule has 1 amide bonds. The van der Waals surface area contributed by atoms with Crippen LogP contribution in [0.5, 0.6) is 0 Å². The van der Waals surface area contributed by atoms with E-state index in [0.717, 1.165) is 12.8 Å². The summed E-state index contributed by atoms with van der Waals surface area (Å²) in [6.45, 7) is 0.832. The second-order valence-corrected chi connectivity index (χ2v) is 8.31. The average Bonchev–Trinajstić information content (AvgIpc) is 3.35. The first-order valence-corrected chi connectivity index (χ1v) is 9.57. The molecular weight excluding hydrogens is 319 g/mol. The highest BCUT2D eigenvalue weighted by Crippen LogP contribution is 2.29. The molecule has 1 aromatic rings. The molecule has 7 heteroatoms. The van der Waals surface area contributed by atoms with Crippen molar-refractivity contribution in [2.75, 3.05) is 13.1 Å². The minimum Gasteiger partial charge on any atom is -0.353 e. The Bertz CT molecular complexity index is 663. The average molecular weight is 340 g/mol. The van der Waals surface area contributed by atoms with Crippen molar-refractivity contribution in [1.82, 2.24) is 9.62 Å². The van der Waals surface area contributed by atoms with Crippen LogP contribution in [0.2, 0.25) is 0 Å². The number of hydrogen-bond acceptors (Lipinski definition) is 3. The van der Waals surface area contributed by atoms with Gasteiger partial charge in [0.25, 0.3) is 0 Å². The van der Waals surface area contributed by atoms with Crippen LogP contribution in [0, 0.1) is 11.7 Å². The van der Waals surface area contributed by atoms with E-state index in [1.165, 1.54) is 28.6 Å². The zero-order valence-corrected chi connectivity index (χ0v) is 13.7. The topological polar surface area (TPSA) is 66.5 Å². The molecule has 1 aromatic carbocycles. The lowest BCUT2D eigenvalue weighted by Gasteiger charge is -2.31. The lowest BCUT2D eigenvalue weighted by Crippen LogP contribution is -2.47. The molecule has 1 N–H and O–H groups in total. The number of amides is 1. The Hall–Kier alpha value is -1.47. The van der Waals surface area contributed by atoms with Crippen molar-refractivity contribution in [2.24, 2.45) is 5.92 Å². The van der Waals surface area contributed by atoms with E-state index in [-0.39, 0.29) is 29.4 Å². The fraction of sp³-hybridized carbons (Fsp3) is 0.562. The van der Waals surface area contributed by atoms with Gasteiger partial charge in [-0.25, -0.2) is 17.1 Å². The summed E-state index contributed by atoms with van der Waals surface area (Å²) in [6.07, 6.45) is 3.22. The molecule has 3 rings (SSSR count). The first-order valence-electron chi connectivity index (χ1n) is 7.97. The van der Waals surface area contributed by atoms with Gasteiger partial charge in [-0.2, -0.15) is 0 Å². The molecule has 2 aliphatic rings. The van der Waals surface area contributed by atoms with Crippen molar-refractivity contribution in [3.8, 4) is 0 Å². The van der Waals surface area contributed by atoms with Crippen LogP contribution in [0.25, 0.3) is 0 Å². The van der Waals surface area contributed by atoms with Crippen LogP contribution in [0.4, 0.5) is 4.39 Å². The number of benzene rings is 1. The predicted molar refractivity (Wildman–Crippen MR) is 84.5 cm³/mol. The van der Waals surface area contributed by atoms with Gasteiger partial charge in [0.1, 0.15) is 5.82 Å². The summed E-state index contributed by atoms with van der Waals surface area (Å²) in [5.41, 5.74) is 0.579. The van der Waals surface area contributed by atoms with Gasteiger partial charge in [-0.1, -0.05) is 12.1 Å². The summed E-state index contributed by atoms with van der Waals surface area (Å²) in [5.74, 6) is -0.210. The van der Waals surface area contributed by atoms with Crippen LogP contribution >= 0.6 is 0 Å². The van der Waals surface area contributed by atoms with E-state index in [1.54, 1.807) is 0 Å². The Morgan fingerprint density at radius 3 is 2.30 bits per heavy atom. The Kier molecular flexibility index (Phi) is 4.68. The molecule has 1 saturated heterocycles. The van der Waals surface area contributed by atoms with Gasteiger partial charge in [0.2, 0.25) is 15.9 Å². The van der Waals surface area contributed by atoms with Gasteiger partial charge in [0, 0.05) is 25.0 Å². The first-order chi connectivity index (χ1) is 10.9. The summed E-state index contributed by atoms with van der Waals surface area (Å²) >= 11 is 0. The molecular formula is C16H21FN2O3S. The van der Waals surface area contributed by atoms with Crippen LogP contribution in [0.3, 0.4) is 0 Å². The number of piperidine rings is 1. The fourth-order valence-corrected chi connectivity index (χ4v) is 4.39. The van der Waals surface area contributed by atoms with E-state index in [4.69, 9.17) is 0 Å². The van der Waals surface area contributed by atoms with E-state index in [1.807, 2.05) is 0 Å². The summed E-state index contributed by atoms with van der Waals surface area (Å²) in [4.78, 5) is 11.7. The van der Waals surface area contributed by atoms with Crippen molar-refractivity contribution in [3.05, 3.63) is 35.6 Å². The number of carbonyl (C=O) groups excluding carboxylic acids is 1. The van der Waals surface area contributed by atoms with Crippen molar-refractivity contribution >= 4 is 15.9 Å². The molecule has 0 aromatic heterocycles. The molecule has 5 nitrogen and oxygen atoms in total. The number of nitrogens with zero attached hydrogens (tertiary/aromatic N) is 1. The maximum atomic E-state index is 12.9. The summed E-state index contributed by atoms with van der Waals surface area (Å²) in [7, 11) is -3.41. The van der Waals surface area contributed by atoms with Gasteiger partial charge >= 0.3 is 0 Å². The highest BCUT2D eigenvalue weighted by atomic mass is 32.2. The van der Waals surface area contributed by atoms with E-state index in [0.29, 0.717) is 31.5 Å². The number of halogens is 1. The molecule has 1 heterocycles. The van der Waals surface area contributed by atoms with E-state index >= 15 is 0 Å². The van der Waals surface area contributed by atoms with Gasteiger partial charge in [-0.05, 0) is 43.4 Å². The van der Waals surface area contributed by atoms with Crippen LogP contribution in [-0.2, 0) is 20.6 Å². The van der Waals surface area contributed by atoms with E-state index in [9.17, 15) is 17.6 Å². The molecule has 126 valence electrons. The van der Waals surface area contributed by atoms with Gasteiger partial charge < -0.3 is 5.32 Å². The van der Waals surface area contributed by atoms with E-state index < -0.39 is 10.0 Å². The smallest absolute Gasteiger partial charge is 0.223 e. The molecule has 1 saturated carbocycles. The molecule has 1 aliphatic heterocycles. The Morgan fingerprint density at radius 2 is 1.74 bits per heavy atom. The molecule has 0 spiro atoms. The molecule has 23 heavy (non-hydrogen) atoms. The minimum atomic E-state index is -3.41. The molecule has 0 radical (unpaired) electrons. The molecule has 1 aliphatic carbocycles. The summed E-state index contributed by atoms with van der Waals surface area (Å²) in [6, 6.07) is 5.60. The highest BCUT2D eigenvalue weighted by Gasteiger charge is 2.33. The van der Waals surface area contributed by atoms with Gasteiger partial charge in [0.05, 0.1) is 5.75 Å². The second-order valence-electron chi connectivity index (χ2n) is 6.34. The molecule has 0 bridgehead atoms. The number of carbonyl (C=O) groups is 1. The third kappa shape index (κ3) is 4.29. The number of nitrogens with one attached hydrogen (secondary N) is 1. The van der Waals surface area contributed by atoms with Gasteiger partial charge in [-0.3, -0.25) is 4.79 Å². The van der Waals surface area contributed by atoms with Crippen molar-refractivity contribution in [3.63, 3.8) is 0 Å². The summed E-state index contributed by atoms with van der Waals surface area (Å²) < 4.78 is 39.2. The van der Waals surface area contributed by atoms with Crippen molar-refractivity contribution < 1.29 is 17.6 Å². The second kappa shape index (κ2) is 6.57. The zero-order valence-electron chi connectivity index (χ0n) is 12.9. The predicted octanol–water partition coefficient (Wildman–Crippen LogP) is 1.65. The van der Waals surface area contributed by atoms with Crippen LogP contribution < -0.4 is 5.32 Å². The number of rotatable bonds is 5.